The monoisotopic (exact) mass is 728 g/mol. The molecule has 0 fully saturated rings. The van der Waals surface area contributed by atoms with Gasteiger partial charge in [-0.3, -0.25) is 0 Å². The molecule has 0 N–H and O–H groups in total. The van der Waals surface area contributed by atoms with E-state index >= 15 is 0 Å². The van der Waals surface area contributed by atoms with Gasteiger partial charge in [0.1, 0.15) is 22.3 Å². The molecule has 0 atom stereocenters. The zero-order chi connectivity index (χ0) is 37.5. The summed E-state index contributed by atoms with van der Waals surface area (Å²) >= 11 is 0. The lowest BCUT2D eigenvalue weighted by Gasteiger charge is -2.12. The van der Waals surface area contributed by atoms with Gasteiger partial charge < -0.3 is 8.83 Å². The SMILES string of the molecule is C1=C(c2ccc3ccc4ccccc4c3c2)N=C(c2cc(-c3cc4ccccc4c4c3oc3ccccc34)cc3oc4ccccc4c23)N=C(c2ccccc2)C1. The van der Waals surface area contributed by atoms with Crippen LogP contribution in [0.2, 0.25) is 0 Å². The second-order valence-corrected chi connectivity index (χ2v) is 14.8. The lowest BCUT2D eigenvalue weighted by atomic mass is 9.93. The summed E-state index contributed by atoms with van der Waals surface area (Å²) in [6.07, 6.45) is 2.85. The van der Waals surface area contributed by atoms with Crippen LogP contribution in [-0.4, -0.2) is 11.5 Å². The third-order valence-electron chi connectivity index (χ3n) is 11.5. The summed E-state index contributed by atoms with van der Waals surface area (Å²) in [5, 5.41) is 11.4. The first-order valence-electron chi connectivity index (χ1n) is 19.4. The van der Waals surface area contributed by atoms with Crippen molar-refractivity contribution in [2.45, 2.75) is 6.42 Å². The Balaban J connectivity index is 1.15. The van der Waals surface area contributed by atoms with Crippen LogP contribution in [0.1, 0.15) is 23.1 Å². The highest BCUT2D eigenvalue weighted by Gasteiger charge is 2.23. The van der Waals surface area contributed by atoms with Gasteiger partial charge in [0.2, 0.25) is 0 Å². The number of rotatable bonds is 4. The van der Waals surface area contributed by atoms with E-state index in [1.165, 1.54) is 21.5 Å². The Morgan fingerprint density at radius 2 is 1.04 bits per heavy atom. The van der Waals surface area contributed by atoms with Crippen molar-refractivity contribution in [3.63, 3.8) is 0 Å². The number of aliphatic imine (C=N–C) groups is 2. The van der Waals surface area contributed by atoms with Gasteiger partial charge in [-0.1, -0.05) is 146 Å². The van der Waals surface area contributed by atoms with Crippen molar-refractivity contribution < 1.29 is 8.83 Å². The summed E-state index contributed by atoms with van der Waals surface area (Å²) in [5.74, 6) is 0.635. The van der Waals surface area contributed by atoms with Crippen LogP contribution in [0.15, 0.2) is 201 Å². The molecule has 57 heavy (non-hydrogen) atoms. The molecule has 0 amide bonds. The summed E-state index contributed by atoms with van der Waals surface area (Å²) in [4.78, 5) is 11.0. The summed E-state index contributed by atoms with van der Waals surface area (Å²) in [5.41, 5.74) is 10.1. The maximum Gasteiger partial charge on any atom is 0.160 e. The van der Waals surface area contributed by atoms with Crippen LogP contribution < -0.4 is 0 Å². The molecule has 0 saturated heterocycles. The van der Waals surface area contributed by atoms with Crippen molar-refractivity contribution in [2.75, 3.05) is 0 Å². The van der Waals surface area contributed by atoms with Crippen LogP contribution in [0, 0.1) is 0 Å². The van der Waals surface area contributed by atoms with E-state index in [9.17, 15) is 0 Å². The van der Waals surface area contributed by atoms with E-state index in [4.69, 9.17) is 18.8 Å². The molecule has 4 heteroatoms. The molecule has 0 radical (unpaired) electrons. The Labute approximate surface area is 327 Å². The highest BCUT2D eigenvalue weighted by Crippen LogP contribution is 2.44. The maximum absolute atomic E-state index is 6.74. The van der Waals surface area contributed by atoms with Gasteiger partial charge >= 0.3 is 0 Å². The highest BCUT2D eigenvalue weighted by atomic mass is 16.3. The molecule has 3 heterocycles. The van der Waals surface area contributed by atoms with Gasteiger partial charge in [-0.05, 0) is 79.8 Å². The fourth-order valence-electron chi connectivity index (χ4n) is 8.80. The van der Waals surface area contributed by atoms with Crippen molar-refractivity contribution in [1.82, 2.24) is 0 Å². The van der Waals surface area contributed by atoms with E-state index in [2.05, 4.69) is 152 Å². The maximum atomic E-state index is 6.74. The van der Waals surface area contributed by atoms with E-state index in [1.807, 2.05) is 30.3 Å². The van der Waals surface area contributed by atoms with E-state index in [-0.39, 0.29) is 0 Å². The number of hydrogen-bond donors (Lipinski definition) is 0. The zero-order valence-corrected chi connectivity index (χ0v) is 30.7. The van der Waals surface area contributed by atoms with Gasteiger partial charge in [0.05, 0.1) is 11.4 Å². The van der Waals surface area contributed by atoms with Gasteiger partial charge in [0.15, 0.2) is 5.84 Å². The summed E-state index contributed by atoms with van der Waals surface area (Å²) in [6.45, 7) is 0. The lowest BCUT2D eigenvalue weighted by Crippen LogP contribution is -2.05. The minimum absolute atomic E-state index is 0.624. The van der Waals surface area contributed by atoms with Crippen LogP contribution in [0.4, 0.5) is 0 Å². The molecule has 2 aromatic heterocycles. The molecule has 1 aliphatic heterocycles. The predicted octanol–water partition coefficient (Wildman–Crippen LogP) is 14.3. The van der Waals surface area contributed by atoms with Crippen LogP contribution in [0.3, 0.4) is 0 Å². The van der Waals surface area contributed by atoms with E-state index in [0.717, 1.165) is 93.9 Å². The first kappa shape index (κ1) is 31.8. The first-order chi connectivity index (χ1) is 28.2. The van der Waals surface area contributed by atoms with Crippen LogP contribution in [0.5, 0.6) is 0 Å². The largest absolute Gasteiger partial charge is 0.456 e. The number of amidine groups is 1. The number of para-hydroxylation sites is 2. The highest BCUT2D eigenvalue weighted by molar-refractivity contribution is 6.26. The Bertz CT molecular complexity index is 3550. The third kappa shape index (κ3) is 5.08. The van der Waals surface area contributed by atoms with Crippen molar-refractivity contribution in [3.05, 3.63) is 199 Å². The number of furan rings is 2. The van der Waals surface area contributed by atoms with Gasteiger partial charge in [-0.15, -0.1) is 0 Å². The number of benzene rings is 9. The molecular weight excluding hydrogens is 697 g/mol. The minimum atomic E-state index is 0.624. The number of hydrogen-bond acceptors (Lipinski definition) is 4. The first-order valence-corrected chi connectivity index (χ1v) is 19.4. The Morgan fingerprint density at radius 1 is 0.386 bits per heavy atom. The van der Waals surface area contributed by atoms with Gasteiger partial charge in [-0.25, -0.2) is 9.98 Å². The van der Waals surface area contributed by atoms with Gasteiger partial charge in [0, 0.05) is 44.7 Å². The molecule has 0 bridgehead atoms. The Kier molecular flexibility index (Phi) is 6.96. The fraction of sp³-hybridized carbons (Fsp3) is 0.0189. The average Bonchev–Trinajstić information content (AvgIpc) is 3.77. The third-order valence-corrected chi connectivity index (χ3v) is 11.5. The minimum Gasteiger partial charge on any atom is -0.456 e. The molecule has 0 unspecified atom stereocenters. The molecule has 11 aromatic rings. The molecule has 0 saturated carbocycles. The molecular formula is C53H32N2O2. The van der Waals surface area contributed by atoms with E-state index in [1.54, 1.807) is 0 Å². The van der Waals surface area contributed by atoms with Crippen molar-refractivity contribution in [3.8, 4) is 11.1 Å². The molecule has 266 valence electrons. The van der Waals surface area contributed by atoms with Crippen molar-refractivity contribution in [1.29, 1.82) is 0 Å². The summed E-state index contributed by atoms with van der Waals surface area (Å²) < 4.78 is 13.4. The second-order valence-electron chi connectivity index (χ2n) is 14.8. The van der Waals surface area contributed by atoms with Crippen LogP contribution >= 0.6 is 0 Å². The van der Waals surface area contributed by atoms with E-state index < -0.39 is 0 Å². The molecule has 1 aliphatic rings. The normalized spacial score (nSPS) is 13.5. The quantitative estimate of drug-likeness (QED) is 0.169. The van der Waals surface area contributed by atoms with Crippen LogP contribution in [-0.2, 0) is 0 Å². The Morgan fingerprint density at radius 3 is 1.86 bits per heavy atom. The van der Waals surface area contributed by atoms with Crippen molar-refractivity contribution >= 4 is 93.4 Å². The molecule has 4 nitrogen and oxygen atoms in total. The topological polar surface area (TPSA) is 51.0 Å². The molecule has 0 aliphatic carbocycles. The van der Waals surface area contributed by atoms with Crippen LogP contribution in [0.25, 0.3) is 93.0 Å². The Hall–Kier alpha value is -7.56. The summed E-state index contributed by atoms with van der Waals surface area (Å²) in [6, 6.07) is 61.8. The fourth-order valence-corrected chi connectivity index (χ4v) is 8.80. The summed E-state index contributed by atoms with van der Waals surface area (Å²) in [7, 11) is 0. The number of fused-ring (bicyclic) bond motifs is 11. The van der Waals surface area contributed by atoms with Crippen molar-refractivity contribution in [2.24, 2.45) is 9.98 Å². The lowest BCUT2D eigenvalue weighted by molar-refractivity contribution is 0.668. The van der Waals surface area contributed by atoms with E-state index in [0.29, 0.717) is 12.3 Å². The van der Waals surface area contributed by atoms with Gasteiger partial charge in [0.25, 0.3) is 0 Å². The molecule has 9 aromatic carbocycles. The van der Waals surface area contributed by atoms with Gasteiger partial charge in [-0.2, -0.15) is 0 Å². The second kappa shape index (κ2) is 12.5. The number of allylic oxidation sites excluding steroid dienone is 1. The zero-order valence-electron chi connectivity index (χ0n) is 30.7. The standard InChI is InChI=1S/C53H32N2O2/c1-2-13-34(14-3-1)45-26-27-46(36-25-24-33-23-22-32-12-4-6-16-38(32)42(33)29-36)55-53(54-45)44-30-37(31-49-50(44)40-18-8-10-20-47(40)56-49)43-28-35-15-5-7-17-39(35)51-41-19-9-11-21-48(41)57-52(43)51/h1-25,27-31H,26H2. The smallest absolute Gasteiger partial charge is 0.160 e. The predicted molar refractivity (Wildman–Crippen MR) is 238 cm³/mol. The molecule has 12 rings (SSSR count). The molecule has 0 spiro atoms. The number of nitrogens with zero attached hydrogens (tertiary/aromatic N) is 2. The average molecular weight is 729 g/mol.